The summed E-state index contributed by atoms with van der Waals surface area (Å²) in [5.74, 6) is 2.00. The first-order valence-corrected chi connectivity index (χ1v) is 7.23. The summed E-state index contributed by atoms with van der Waals surface area (Å²) in [5.41, 5.74) is 9.28. The Labute approximate surface area is 121 Å². The highest BCUT2D eigenvalue weighted by atomic mass is 16.5. The van der Waals surface area contributed by atoms with Crippen LogP contribution in [-0.4, -0.2) is 28.5 Å². The molecule has 2 aromatic rings. The Kier molecular flexibility index (Phi) is 2.70. The van der Waals surface area contributed by atoms with Crippen LogP contribution in [-0.2, 0) is 12.8 Å². The second-order valence-electron chi connectivity index (χ2n) is 5.45. The molecule has 110 valence electrons. The molecule has 2 aliphatic heterocycles. The van der Waals surface area contributed by atoms with E-state index >= 15 is 0 Å². The Morgan fingerprint density at radius 3 is 2.52 bits per heavy atom. The molecule has 0 fully saturated rings. The highest BCUT2D eigenvalue weighted by Gasteiger charge is 2.30. The smallest absolute Gasteiger partial charge is 0.165 e. The summed E-state index contributed by atoms with van der Waals surface area (Å²) >= 11 is 0. The van der Waals surface area contributed by atoms with E-state index in [4.69, 9.17) is 15.2 Å². The van der Waals surface area contributed by atoms with Crippen LogP contribution in [0.25, 0.3) is 11.3 Å². The third-order valence-electron chi connectivity index (χ3n) is 4.08. The molecule has 21 heavy (non-hydrogen) atoms. The minimum atomic E-state index is 0.232. The van der Waals surface area contributed by atoms with Crippen molar-refractivity contribution < 1.29 is 14.6 Å². The number of aromatic nitrogens is 2. The molecule has 0 aliphatic carbocycles. The van der Waals surface area contributed by atoms with Crippen LogP contribution in [0.4, 0.5) is 5.82 Å². The fourth-order valence-electron chi connectivity index (χ4n) is 3.17. The molecule has 3 heterocycles. The third kappa shape index (κ3) is 1.82. The average molecular weight is 287 g/mol. The standard InChI is InChI=1S/C15H17N3O3/c16-11-7-10(17-18-11)12-8-3-1-6-21-15(8)13(19)9-4-2-5-20-14(9)12/h7,19H,1-6H2,(H3,16,17,18). The van der Waals surface area contributed by atoms with Gasteiger partial charge < -0.3 is 20.3 Å². The Bertz CT molecular complexity index is 671. The molecule has 0 unspecified atom stereocenters. The van der Waals surface area contributed by atoms with Gasteiger partial charge >= 0.3 is 0 Å². The van der Waals surface area contributed by atoms with Crippen molar-refractivity contribution in [3.63, 3.8) is 0 Å². The van der Waals surface area contributed by atoms with Crippen LogP contribution in [0.1, 0.15) is 24.0 Å². The normalized spacial score (nSPS) is 16.6. The average Bonchev–Trinajstić information content (AvgIpc) is 2.94. The zero-order valence-electron chi connectivity index (χ0n) is 11.6. The monoisotopic (exact) mass is 287 g/mol. The quantitative estimate of drug-likeness (QED) is 0.746. The van der Waals surface area contributed by atoms with Crippen molar-refractivity contribution in [3.8, 4) is 28.5 Å². The number of fused-ring (bicyclic) bond motifs is 2. The molecule has 0 saturated carbocycles. The van der Waals surface area contributed by atoms with Gasteiger partial charge in [-0.25, -0.2) is 0 Å². The van der Waals surface area contributed by atoms with Crippen molar-refractivity contribution in [2.75, 3.05) is 18.9 Å². The number of rotatable bonds is 1. The lowest BCUT2D eigenvalue weighted by molar-refractivity contribution is 0.258. The predicted octanol–water partition coefficient (Wildman–Crippen LogP) is 2.01. The number of H-pyrrole nitrogens is 1. The van der Waals surface area contributed by atoms with E-state index in [9.17, 15) is 5.11 Å². The number of aromatic amines is 1. The largest absolute Gasteiger partial charge is 0.504 e. The third-order valence-corrected chi connectivity index (χ3v) is 4.08. The molecule has 0 atom stereocenters. The van der Waals surface area contributed by atoms with Gasteiger partial charge in [-0.1, -0.05) is 0 Å². The number of nitrogen functional groups attached to an aromatic ring is 1. The lowest BCUT2D eigenvalue weighted by Crippen LogP contribution is -2.16. The number of benzene rings is 1. The van der Waals surface area contributed by atoms with Gasteiger partial charge in [0.2, 0.25) is 0 Å². The summed E-state index contributed by atoms with van der Waals surface area (Å²) in [7, 11) is 0. The summed E-state index contributed by atoms with van der Waals surface area (Å²) in [6.45, 7) is 1.29. The maximum Gasteiger partial charge on any atom is 0.165 e. The van der Waals surface area contributed by atoms with Crippen molar-refractivity contribution in [3.05, 3.63) is 17.2 Å². The summed E-state index contributed by atoms with van der Waals surface area (Å²) in [6.07, 6.45) is 3.44. The van der Waals surface area contributed by atoms with E-state index in [1.54, 1.807) is 6.07 Å². The summed E-state index contributed by atoms with van der Waals surface area (Å²) in [6, 6.07) is 1.79. The first-order valence-electron chi connectivity index (χ1n) is 7.23. The van der Waals surface area contributed by atoms with E-state index in [2.05, 4.69) is 10.2 Å². The van der Waals surface area contributed by atoms with Crippen molar-refractivity contribution in [2.24, 2.45) is 0 Å². The molecular weight excluding hydrogens is 270 g/mol. The fraction of sp³-hybridized carbons (Fsp3) is 0.400. The fourth-order valence-corrected chi connectivity index (χ4v) is 3.17. The number of hydrogen-bond donors (Lipinski definition) is 3. The van der Waals surface area contributed by atoms with Crippen molar-refractivity contribution in [2.45, 2.75) is 25.7 Å². The van der Waals surface area contributed by atoms with Gasteiger partial charge in [0.25, 0.3) is 0 Å². The summed E-state index contributed by atoms with van der Waals surface area (Å²) in [4.78, 5) is 0. The molecule has 6 nitrogen and oxygen atoms in total. The number of nitrogens with one attached hydrogen (secondary N) is 1. The van der Waals surface area contributed by atoms with E-state index in [1.807, 2.05) is 0 Å². The Morgan fingerprint density at radius 1 is 1.10 bits per heavy atom. The molecule has 0 radical (unpaired) electrons. The van der Waals surface area contributed by atoms with E-state index in [0.717, 1.165) is 53.8 Å². The van der Waals surface area contributed by atoms with Crippen LogP contribution in [0.15, 0.2) is 6.07 Å². The first kappa shape index (κ1) is 12.4. The van der Waals surface area contributed by atoms with Gasteiger partial charge in [-0.05, 0) is 25.7 Å². The van der Waals surface area contributed by atoms with Crippen LogP contribution in [0, 0.1) is 0 Å². The van der Waals surface area contributed by atoms with Crippen LogP contribution >= 0.6 is 0 Å². The highest BCUT2D eigenvalue weighted by Crippen LogP contribution is 2.51. The van der Waals surface area contributed by atoms with Gasteiger partial charge in [0, 0.05) is 22.8 Å². The van der Waals surface area contributed by atoms with Gasteiger partial charge in [0.15, 0.2) is 11.5 Å². The number of phenolic OH excluding ortho intramolecular Hbond substituents is 1. The van der Waals surface area contributed by atoms with Gasteiger partial charge in [-0.2, -0.15) is 5.10 Å². The SMILES string of the molecule is Nc1cc(-c2c3c(c(O)c4c2OCCC4)OCCC3)[nH]n1. The van der Waals surface area contributed by atoms with Gasteiger partial charge in [0.1, 0.15) is 11.6 Å². The number of ether oxygens (including phenoxy) is 2. The molecule has 4 rings (SSSR count). The van der Waals surface area contributed by atoms with Crippen LogP contribution in [0.3, 0.4) is 0 Å². The van der Waals surface area contributed by atoms with Crippen molar-refractivity contribution in [1.29, 1.82) is 0 Å². The van der Waals surface area contributed by atoms with Crippen LogP contribution in [0.5, 0.6) is 17.2 Å². The molecule has 1 aromatic carbocycles. The molecule has 0 bridgehead atoms. The highest BCUT2D eigenvalue weighted by molar-refractivity contribution is 5.80. The number of aromatic hydroxyl groups is 1. The van der Waals surface area contributed by atoms with Gasteiger partial charge in [0.05, 0.1) is 18.9 Å². The lowest BCUT2D eigenvalue weighted by Gasteiger charge is -2.28. The molecule has 0 amide bonds. The second kappa shape index (κ2) is 4.58. The number of phenols is 1. The zero-order valence-corrected chi connectivity index (χ0v) is 11.6. The number of hydrogen-bond acceptors (Lipinski definition) is 5. The van der Waals surface area contributed by atoms with Gasteiger partial charge in [-0.3, -0.25) is 5.10 Å². The number of anilines is 1. The molecule has 1 aromatic heterocycles. The zero-order chi connectivity index (χ0) is 14.4. The summed E-state index contributed by atoms with van der Waals surface area (Å²) in [5, 5.41) is 17.5. The summed E-state index contributed by atoms with van der Waals surface area (Å²) < 4.78 is 11.6. The maximum absolute atomic E-state index is 10.5. The second-order valence-corrected chi connectivity index (χ2v) is 5.45. The van der Waals surface area contributed by atoms with Crippen LogP contribution in [0.2, 0.25) is 0 Å². The number of nitrogens with zero attached hydrogens (tertiary/aromatic N) is 1. The molecular formula is C15H17N3O3. The predicted molar refractivity (Wildman–Crippen MR) is 77.7 cm³/mol. The Hall–Kier alpha value is -2.37. The maximum atomic E-state index is 10.5. The minimum absolute atomic E-state index is 0.232. The number of nitrogens with two attached hydrogens (primary N) is 1. The van der Waals surface area contributed by atoms with Crippen molar-refractivity contribution >= 4 is 5.82 Å². The van der Waals surface area contributed by atoms with E-state index in [0.29, 0.717) is 24.8 Å². The van der Waals surface area contributed by atoms with E-state index in [1.165, 1.54) is 0 Å². The minimum Gasteiger partial charge on any atom is -0.504 e. The van der Waals surface area contributed by atoms with Crippen molar-refractivity contribution in [1.82, 2.24) is 10.2 Å². The molecule has 0 spiro atoms. The molecule has 6 heteroatoms. The topological polar surface area (TPSA) is 93.4 Å². The molecule has 0 saturated heterocycles. The van der Waals surface area contributed by atoms with E-state index in [-0.39, 0.29) is 5.75 Å². The van der Waals surface area contributed by atoms with E-state index < -0.39 is 0 Å². The lowest BCUT2D eigenvalue weighted by atomic mass is 9.90. The Morgan fingerprint density at radius 2 is 1.81 bits per heavy atom. The molecule has 2 aliphatic rings. The molecule has 4 N–H and O–H groups in total. The first-order chi connectivity index (χ1) is 10.3. The van der Waals surface area contributed by atoms with Gasteiger partial charge in [-0.15, -0.1) is 0 Å². The Balaban J connectivity index is 2.03. The van der Waals surface area contributed by atoms with Crippen LogP contribution < -0.4 is 15.2 Å².